The lowest BCUT2D eigenvalue weighted by atomic mass is 9.86. The zero-order chi connectivity index (χ0) is 13.9. The molecule has 1 aromatic rings. The van der Waals surface area contributed by atoms with Crippen LogP contribution in [-0.2, 0) is 9.53 Å². The van der Waals surface area contributed by atoms with Crippen molar-refractivity contribution in [3.8, 4) is 0 Å². The van der Waals surface area contributed by atoms with Crippen molar-refractivity contribution in [2.24, 2.45) is 11.8 Å². The van der Waals surface area contributed by atoms with Crippen molar-refractivity contribution in [2.45, 2.75) is 20.0 Å². The van der Waals surface area contributed by atoms with Gasteiger partial charge in [0.25, 0.3) is 0 Å². The fourth-order valence-electron chi connectivity index (χ4n) is 1.87. The summed E-state index contributed by atoms with van der Waals surface area (Å²) in [6.45, 7) is 3.66. The zero-order valence-corrected chi connectivity index (χ0v) is 12.0. The third kappa shape index (κ3) is 3.16. The molecule has 18 heavy (non-hydrogen) atoms. The highest BCUT2D eigenvalue weighted by Gasteiger charge is 2.34. The minimum Gasteiger partial charge on any atom is -0.469 e. The first-order chi connectivity index (χ1) is 8.40. The minimum atomic E-state index is -1.08. The lowest BCUT2D eigenvalue weighted by Gasteiger charge is -2.25. The summed E-state index contributed by atoms with van der Waals surface area (Å²) in [6.07, 6.45) is -1.08. The Morgan fingerprint density at radius 1 is 1.28 bits per heavy atom. The summed E-state index contributed by atoms with van der Waals surface area (Å²) in [5.74, 6) is -1.28. The van der Waals surface area contributed by atoms with E-state index < -0.39 is 18.0 Å². The SMILES string of the molecule is COC(=O)C(C(C)C)C(O)c1c(Cl)cccc1Cl. The number of aliphatic hydroxyl groups excluding tert-OH is 1. The molecule has 0 bridgehead atoms. The standard InChI is InChI=1S/C13H16Cl2O3/c1-7(2)10(13(17)18-3)12(16)11-8(14)5-4-6-9(11)15/h4-7,10,12,16H,1-3H3. The maximum atomic E-state index is 11.7. The van der Waals surface area contributed by atoms with Crippen LogP contribution in [-0.4, -0.2) is 18.2 Å². The number of hydrogen-bond acceptors (Lipinski definition) is 3. The largest absolute Gasteiger partial charge is 0.469 e. The van der Waals surface area contributed by atoms with Gasteiger partial charge >= 0.3 is 5.97 Å². The molecule has 0 heterocycles. The maximum Gasteiger partial charge on any atom is 0.311 e. The first-order valence-corrected chi connectivity index (χ1v) is 6.35. The molecule has 0 aromatic heterocycles. The topological polar surface area (TPSA) is 46.5 Å². The number of halogens is 2. The van der Waals surface area contributed by atoms with Gasteiger partial charge in [-0.3, -0.25) is 4.79 Å². The highest BCUT2D eigenvalue weighted by Crippen LogP contribution is 2.37. The lowest BCUT2D eigenvalue weighted by molar-refractivity contribution is -0.151. The molecule has 1 aromatic carbocycles. The van der Waals surface area contributed by atoms with Gasteiger partial charge in [-0.25, -0.2) is 0 Å². The summed E-state index contributed by atoms with van der Waals surface area (Å²) in [5, 5.41) is 11.0. The van der Waals surface area contributed by atoms with Crippen LogP contribution in [0.1, 0.15) is 25.5 Å². The average molecular weight is 291 g/mol. The monoisotopic (exact) mass is 290 g/mol. The van der Waals surface area contributed by atoms with Crippen LogP contribution >= 0.6 is 23.2 Å². The van der Waals surface area contributed by atoms with Crippen molar-refractivity contribution in [2.75, 3.05) is 7.11 Å². The summed E-state index contributed by atoms with van der Waals surface area (Å²) in [5.41, 5.74) is 0.366. The van der Waals surface area contributed by atoms with E-state index >= 15 is 0 Å². The van der Waals surface area contributed by atoms with Crippen LogP contribution in [0.5, 0.6) is 0 Å². The Labute approximate surface area is 117 Å². The Bertz CT molecular complexity index is 412. The quantitative estimate of drug-likeness (QED) is 0.864. The Morgan fingerprint density at radius 3 is 2.17 bits per heavy atom. The van der Waals surface area contributed by atoms with Crippen LogP contribution in [0.25, 0.3) is 0 Å². The van der Waals surface area contributed by atoms with Gasteiger partial charge < -0.3 is 9.84 Å². The second-order valence-corrected chi connectivity index (χ2v) is 5.19. The highest BCUT2D eigenvalue weighted by molar-refractivity contribution is 6.36. The maximum absolute atomic E-state index is 11.7. The van der Waals surface area contributed by atoms with Crippen LogP contribution in [0, 0.1) is 11.8 Å². The predicted octanol–water partition coefficient (Wildman–Crippen LogP) is 3.47. The van der Waals surface area contributed by atoms with Crippen molar-refractivity contribution in [1.29, 1.82) is 0 Å². The fraction of sp³-hybridized carbons (Fsp3) is 0.462. The number of rotatable bonds is 4. The molecule has 1 rings (SSSR count). The molecule has 0 fully saturated rings. The molecule has 2 atom stereocenters. The van der Waals surface area contributed by atoms with Gasteiger partial charge in [0.15, 0.2) is 0 Å². The molecule has 0 spiro atoms. The molecule has 100 valence electrons. The molecule has 0 aliphatic carbocycles. The second-order valence-electron chi connectivity index (χ2n) is 4.37. The molecular formula is C13H16Cl2O3. The van der Waals surface area contributed by atoms with E-state index in [9.17, 15) is 9.90 Å². The number of methoxy groups -OCH3 is 1. The summed E-state index contributed by atoms with van der Waals surface area (Å²) in [4.78, 5) is 11.7. The zero-order valence-electron chi connectivity index (χ0n) is 10.5. The van der Waals surface area contributed by atoms with E-state index in [1.54, 1.807) is 18.2 Å². The first-order valence-electron chi connectivity index (χ1n) is 5.60. The van der Waals surface area contributed by atoms with Crippen LogP contribution in [0.15, 0.2) is 18.2 Å². The number of ether oxygens (including phenoxy) is 1. The molecule has 0 amide bonds. The number of benzene rings is 1. The van der Waals surface area contributed by atoms with Gasteiger partial charge in [0, 0.05) is 15.6 Å². The third-order valence-corrected chi connectivity index (χ3v) is 3.49. The molecule has 0 aliphatic heterocycles. The normalized spacial score (nSPS) is 14.4. The predicted molar refractivity (Wildman–Crippen MR) is 71.8 cm³/mol. The Kier molecular flexibility index (Phi) is 5.45. The van der Waals surface area contributed by atoms with Gasteiger partial charge in [-0.15, -0.1) is 0 Å². The second kappa shape index (κ2) is 6.41. The highest BCUT2D eigenvalue weighted by atomic mass is 35.5. The van der Waals surface area contributed by atoms with Crippen molar-refractivity contribution >= 4 is 29.2 Å². The van der Waals surface area contributed by atoms with Crippen molar-refractivity contribution in [3.63, 3.8) is 0 Å². The van der Waals surface area contributed by atoms with E-state index in [0.29, 0.717) is 15.6 Å². The molecule has 0 saturated heterocycles. The molecule has 0 radical (unpaired) electrons. The average Bonchev–Trinajstić information content (AvgIpc) is 2.28. The molecule has 0 aliphatic rings. The summed E-state index contributed by atoms with van der Waals surface area (Å²) in [6, 6.07) is 4.94. The molecule has 5 heteroatoms. The molecule has 3 nitrogen and oxygen atoms in total. The van der Waals surface area contributed by atoms with E-state index in [4.69, 9.17) is 27.9 Å². The summed E-state index contributed by atoms with van der Waals surface area (Å²) >= 11 is 12.0. The number of hydrogen-bond donors (Lipinski definition) is 1. The number of carbonyl (C=O) groups is 1. The van der Waals surface area contributed by atoms with Gasteiger partial charge in [-0.2, -0.15) is 0 Å². The smallest absolute Gasteiger partial charge is 0.311 e. The van der Waals surface area contributed by atoms with Crippen LogP contribution in [0.3, 0.4) is 0 Å². The van der Waals surface area contributed by atoms with Crippen molar-refractivity contribution in [3.05, 3.63) is 33.8 Å². The van der Waals surface area contributed by atoms with E-state index in [1.165, 1.54) is 7.11 Å². The number of carbonyl (C=O) groups excluding carboxylic acids is 1. The summed E-state index contributed by atoms with van der Waals surface area (Å²) in [7, 11) is 1.29. The van der Waals surface area contributed by atoms with Gasteiger partial charge in [0.05, 0.1) is 19.1 Å². The lowest BCUT2D eigenvalue weighted by Crippen LogP contribution is -2.28. The van der Waals surface area contributed by atoms with E-state index in [-0.39, 0.29) is 5.92 Å². The van der Waals surface area contributed by atoms with E-state index in [1.807, 2.05) is 13.8 Å². The van der Waals surface area contributed by atoms with Crippen LogP contribution in [0.2, 0.25) is 10.0 Å². The van der Waals surface area contributed by atoms with Gasteiger partial charge in [-0.05, 0) is 18.1 Å². The Hall–Kier alpha value is -0.770. The Balaban J connectivity index is 3.18. The summed E-state index contributed by atoms with van der Waals surface area (Å²) < 4.78 is 4.71. The molecule has 1 N–H and O–H groups in total. The van der Waals surface area contributed by atoms with Crippen molar-refractivity contribution < 1.29 is 14.6 Å². The number of esters is 1. The Morgan fingerprint density at radius 2 is 1.78 bits per heavy atom. The van der Waals surface area contributed by atoms with Gasteiger partial charge in [-0.1, -0.05) is 43.1 Å². The van der Waals surface area contributed by atoms with E-state index in [2.05, 4.69) is 0 Å². The molecule has 0 saturated carbocycles. The van der Waals surface area contributed by atoms with E-state index in [0.717, 1.165) is 0 Å². The first kappa shape index (κ1) is 15.3. The minimum absolute atomic E-state index is 0.0974. The van der Waals surface area contributed by atoms with Gasteiger partial charge in [0.1, 0.15) is 0 Å². The van der Waals surface area contributed by atoms with Crippen molar-refractivity contribution in [1.82, 2.24) is 0 Å². The van der Waals surface area contributed by atoms with Gasteiger partial charge in [0.2, 0.25) is 0 Å². The van der Waals surface area contributed by atoms with Crippen LogP contribution in [0.4, 0.5) is 0 Å². The van der Waals surface area contributed by atoms with Crippen LogP contribution < -0.4 is 0 Å². The number of aliphatic hydroxyl groups is 1. The molecule has 2 unspecified atom stereocenters. The fourth-order valence-corrected chi connectivity index (χ4v) is 2.50. The third-order valence-electron chi connectivity index (χ3n) is 2.83. The molecular weight excluding hydrogens is 275 g/mol.